The van der Waals surface area contributed by atoms with Gasteiger partial charge in [0, 0.05) is 24.6 Å². The maximum absolute atomic E-state index is 12.8. The zero-order chi connectivity index (χ0) is 18.3. The number of fused-ring (bicyclic) bond motifs is 1. The summed E-state index contributed by atoms with van der Waals surface area (Å²) in [5.74, 6) is 2.11. The average Bonchev–Trinajstić information content (AvgIpc) is 3.19. The second-order valence-electron chi connectivity index (χ2n) is 7.30. The minimum Gasteiger partial charge on any atom is -0.361 e. The van der Waals surface area contributed by atoms with Crippen LogP contribution in [0.15, 0.2) is 22.7 Å². The molecule has 136 valence electrons. The van der Waals surface area contributed by atoms with Gasteiger partial charge in [0.05, 0.1) is 23.1 Å². The molecule has 0 aliphatic carbocycles. The third kappa shape index (κ3) is 3.11. The highest BCUT2D eigenvalue weighted by molar-refractivity contribution is 5.79. The molecule has 0 saturated carbocycles. The Morgan fingerprint density at radius 1 is 1.35 bits per heavy atom. The summed E-state index contributed by atoms with van der Waals surface area (Å²) < 4.78 is 5.18. The smallest absolute Gasteiger partial charge is 0.227 e. The number of imidazole rings is 1. The number of nitrogens with zero attached hydrogens (tertiary/aromatic N) is 3. The summed E-state index contributed by atoms with van der Waals surface area (Å²) in [5, 5.41) is 3.95. The molecule has 1 atom stereocenters. The number of piperidine rings is 1. The fourth-order valence-corrected chi connectivity index (χ4v) is 3.78. The van der Waals surface area contributed by atoms with Crippen LogP contribution < -0.4 is 0 Å². The zero-order valence-corrected chi connectivity index (χ0v) is 15.5. The Labute approximate surface area is 152 Å². The van der Waals surface area contributed by atoms with E-state index >= 15 is 0 Å². The Morgan fingerprint density at radius 3 is 2.96 bits per heavy atom. The molecule has 0 bridgehead atoms. The number of aryl methyl sites for hydroxylation is 3. The molecule has 1 aromatic carbocycles. The van der Waals surface area contributed by atoms with E-state index in [1.54, 1.807) is 0 Å². The first-order valence-electron chi connectivity index (χ1n) is 9.17. The highest BCUT2D eigenvalue weighted by Crippen LogP contribution is 2.27. The molecule has 26 heavy (non-hydrogen) atoms. The molecule has 4 rings (SSSR count). The van der Waals surface area contributed by atoms with E-state index in [1.165, 1.54) is 5.56 Å². The van der Waals surface area contributed by atoms with Gasteiger partial charge in [0.1, 0.15) is 11.6 Å². The molecule has 3 heterocycles. The summed E-state index contributed by atoms with van der Waals surface area (Å²) in [7, 11) is 0. The molecule has 0 spiro atoms. The molecule has 3 aromatic rings. The number of hydrogen-bond donors (Lipinski definition) is 1. The minimum absolute atomic E-state index is 0.135. The molecule has 1 fully saturated rings. The number of carbonyl (C=O) groups excluding carboxylic acids is 1. The van der Waals surface area contributed by atoms with Crippen molar-refractivity contribution in [3.63, 3.8) is 0 Å². The van der Waals surface area contributed by atoms with Crippen molar-refractivity contribution >= 4 is 16.9 Å². The Bertz CT molecular complexity index is 937. The van der Waals surface area contributed by atoms with Gasteiger partial charge in [-0.1, -0.05) is 11.2 Å². The number of nitrogens with one attached hydrogen (secondary N) is 1. The van der Waals surface area contributed by atoms with Crippen molar-refractivity contribution in [1.82, 2.24) is 20.0 Å². The van der Waals surface area contributed by atoms with Crippen LogP contribution in [0.1, 0.15) is 47.2 Å². The van der Waals surface area contributed by atoms with Crippen LogP contribution in [0.2, 0.25) is 0 Å². The fraction of sp³-hybridized carbons (Fsp3) is 0.450. The number of H-pyrrole nitrogens is 1. The molecule has 6 nitrogen and oxygen atoms in total. The van der Waals surface area contributed by atoms with E-state index in [-0.39, 0.29) is 11.8 Å². The van der Waals surface area contributed by atoms with Crippen LogP contribution >= 0.6 is 0 Å². The molecular weight excluding hydrogens is 328 g/mol. The summed E-state index contributed by atoms with van der Waals surface area (Å²) in [6.45, 7) is 7.33. The Balaban J connectivity index is 1.50. The van der Waals surface area contributed by atoms with Crippen LogP contribution in [0, 0.1) is 20.8 Å². The minimum atomic E-state index is 0.135. The Morgan fingerprint density at radius 2 is 2.19 bits per heavy atom. The Kier molecular flexibility index (Phi) is 4.26. The lowest BCUT2D eigenvalue weighted by Gasteiger charge is -2.32. The van der Waals surface area contributed by atoms with Crippen LogP contribution in [0.25, 0.3) is 11.0 Å². The quantitative estimate of drug-likeness (QED) is 0.784. The van der Waals surface area contributed by atoms with E-state index in [2.05, 4.69) is 29.2 Å². The predicted octanol–water partition coefficient (Wildman–Crippen LogP) is 3.42. The van der Waals surface area contributed by atoms with E-state index in [1.807, 2.05) is 24.8 Å². The van der Waals surface area contributed by atoms with Crippen LogP contribution in [-0.4, -0.2) is 39.0 Å². The molecule has 1 amide bonds. The number of hydrogen-bond acceptors (Lipinski definition) is 4. The SMILES string of the molecule is Cc1ccc2nc(C3CCCN(C(=O)Cc4c(C)noc4C)C3)[nH]c2c1. The first kappa shape index (κ1) is 16.8. The summed E-state index contributed by atoms with van der Waals surface area (Å²) >= 11 is 0. The number of benzene rings is 1. The van der Waals surface area contributed by atoms with Gasteiger partial charge in [0.25, 0.3) is 0 Å². The lowest BCUT2D eigenvalue weighted by molar-refractivity contribution is -0.131. The molecule has 1 saturated heterocycles. The summed E-state index contributed by atoms with van der Waals surface area (Å²) in [6.07, 6.45) is 2.40. The lowest BCUT2D eigenvalue weighted by atomic mass is 9.96. The van der Waals surface area contributed by atoms with Crippen LogP contribution in [0.3, 0.4) is 0 Å². The molecule has 1 aliphatic rings. The molecular formula is C20H24N4O2. The van der Waals surface area contributed by atoms with Crippen molar-refractivity contribution in [2.45, 2.75) is 46.0 Å². The van der Waals surface area contributed by atoms with Crippen molar-refractivity contribution in [3.8, 4) is 0 Å². The van der Waals surface area contributed by atoms with Crippen molar-refractivity contribution in [1.29, 1.82) is 0 Å². The van der Waals surface area contributed by atoms with Gasteiger partial charge >= 0.3 is 0 Å². The van der Waals surface area contributed by atoms with Gasteiger partial charge in [-0.3, -0.25) is 4.79 Å². The maximum Gasteiger partial charge on any atom is 0.227 e. The third-order valence-electron chi connectivity index (χ3n) is 5.33. The largest absolute Gasteiger partial charge is 0.361 e. The number of rotatable bonds is 3. The predicted molar refractivity (Wildman–Crippen MR) is 99.1 cm³/mol. The summed E-state index contributed by atoms with van der Waals surface area (Å²) in [6, 6.07) is 6.25. The topological polar surface area (TPSA) is 75.0 Å². The second kappa shape index (κ2) is 6.59. The van der Waals surface area contributed by atoms with E-state index in [4.69, 9.17) is 9.51 Å². The lowest BCUT2D eigenvalue weighted by Crippen LogP contribution is -2.40. The van der Waals surface area contributed by atoms with E-state index in [0.29, 0.717) is 13.0 Å². The van der Waals surface area contributed by atoms with Gasteiger partial charge in [0.15, 0.2) is 0 Å². The van der Waals surface area contributed by atoms with Crippen LogP contribution in [-0.2, 0) is 11.2 Å². The normalized spacial score (nSPS) is 17.8. The van der Waals surface area contributed by atoms with Crippen molar-refractivity contribution in [3.05, 3.63) is 46.6 Å². The fourth-order valence-electron chi connectivity index (χ4n) is 3.78. The van der Waals surface area contributed by atoms with Crippen molar-refractivity contribution in [2.75, 3.05) is 13.1 Å². The van der Waals surface area contributed by atoms with Gasteiger partial charge in [0.2, 0.25) is 5.91 Å². The molecule has 2 aromatic heterocycles. The molecule has 6 heteroatoms. The number of aromatic nitrogens is 3. The number of amides is 1. The number of aromatic amines is 1. The number of carbonyl (C=O) groups is 1. The summed E-state index contributed by atoms with van der Waals surface area (Å²) in [4.78, 5) is 23.0. The van der Waals surface area contributed by atoms with Crippen LogP contribution in [0.4, 0.5) is 0 Å². The van der Waals surface area contributed by atoms with Crippen molar-refractivity contribution in [2.24, 2.45) is 0 Å². The van der Waals surface area contributed by atoms with Gasteiger partial charge in [-0.25, -0.2) is 4.98 Å². The zero-order valence-electron chi connectivity index (χ0n) is 15.5. The van der Waals surface area contributed by atoms with Crippen LogP contribution in [0.5, 0.6) is 0 Å². The highest BCUT2D eigenvalue weighted by Gasteiger charge is 2.27. The van der Waals surface area contributed by atoms with Crippen molar-refractivity contribution < 1.29 is 9.32 Å². The van der Waals surface area contributed by atoms with E-state index in [0.717, 1.165) is 53.3 Å². The highest BCUT2D eigenvalue weighted by atomic mass is 16.5. The molecule has 0 radical (unpaired) electrons. The first-order valence-corrected chi connectivity index (χ1v) is 9.17. The monoisotopic (exact) mass is 352 g/mol. The van der Waals surface area contributed by atoms with E-state index < -0.39 is 0 Å². The maximum atomic E-state index is 12.8. The number of likely N-dealkylation sites (tertiary alicyclic amines) is 1. The first-order chi connectivity index (χ1) is 12.5. The summed E-state index contributed by atoms with van der Waals surface area (Å²) in [5.41, 5.74) is 4.99. The van der Waals surface area contributed by atoms with Gasteiger partial charge < -0.3 is 14.4 Å². The molecule has 1 aliphatic heterocycles. The third-order valence-corrected chi connectivity index (χ3v) is 5.33. The van der Waals surface area contributed by atoms with Gasteiger partial charge in [-0.2, -0.15) is 0 Å². The molecule has 1 N–H and O–H groups in total. The Hall–Kier alpha value is -2.63. The van der Waals surface area contributed by atoms with Gasteiger partial charge in [-0.05, 0) is 51.3 Å². The van der Waals surface area contributed by atoms with E-state index in [9.17, 15) is 4.79 Å². The average molecular weight is 352 g/mol. The second-order valence-corrected chi connectivity index (χ2v) is 7.30. The van der Waals surface area contributed by atoms with Gasteiger partial charge in [-0.15, -0.1) is 0 Å². The standard InChI is InChI=1S/C20H24N4O2/c1-12-6-7-17-18(9-12)22-20(21-17)15-5-4-8-24(11-15)19(25)10-16-13(2)23-26-14(16)3/h6-7,9,15H,4-5,8,10-11H2,1-3H3,(H,21,22). The molecule has 1 unspecified atom stereocenters.